The highest BCUT2D eigenvalue weighted by atomic mass is 16.5. The number of carbonyl (C=O) groups excluding carboxylic acids is 2. The topological polar surface area (TPSA) is 58.6 Å². The summed E-state index contributed by atoms with van der Waals surface area (Å²) in [4.78, 5) is 26.3. The predicted molar refractivity (Wildman–Crippen MR) is 104 cm³/mol. The fourth-order valence-corrected chi connectivity index (χ4v) is 3.93. The molecule has 1 fully saturated rings. The quantitative estimate of drug-likeness (QED) is 0.857. The van der Waals surface area contributed by atoms with Gasteiger partial charge in [0.1, 0.15) is 5.75 Å². The SMILES string of the molecule is O=C(CCN1C(=O)COc2ccccc21)NCC1(c2ccccc2)CCC1. The van der Waals surface area contributed by atoms with E-state index in [1.54, 1.807) is 4.90 Å². The van der Waals surface area contributed by atoms with Gasteiger partial charge in [-0.25, -0.2) is 0 Å². The van der Waals surface area contributed by atoms with Crippen molar-refractivity contribution in [3.05, 3.63) is 60.2 Å². The van der Waals surface area contributed by atoms with Crippen molar-refractivity contribution < 1.29 is 14.3 Å². The molecule has 140 valence electrons. The van der Waals surface area contributed by atoms with Crippen molar-refractivity contribution in [2.24, 2.45) is 0 Å². The molecule has 0 spiro atoms. The number of hydrogen-bond acceptors (Lipinski definition) is 3. The van der Waals surface area contributed by atoms with Crippen LogP contribution in [0.2, 0.25) is 0 Å². The number of fused-ring (bicyclic) bond motifs is 1. The monoisotopic (exact) mass is 364 g/mol. The first-order chi connectivity index (χ1) is 13.2. The first-order valence-corrected chi connectivity index (χ1v) is 9.52. The molecule has 4 rings (SSSR count). The second-order valence-electron chi connectivity index (χ2n) is 7.33. The van der Waals surface area contributed by atoms with Gasteiger partial charge >= 0.3 is 0 Å². The number of para-hydroxylation sites is 2. The standard InChI is InChI=1S/C22H24N2O3/c25-20(23-16-22(12-6-13-22)17-7-2-1-3-8-17)11-14-24-18-9-4-5-10-19(18)27-15-21(24)26/h1-5,7-10H,6,11-16H2,(H,23,25). The normalized spacial score (nSPS) is 17.5. The van der Waals surface area contributed by atoms with E-state index < -0.39 is 0 Å². The molecule has 1 saturated carbocycles. The van der Waals surface area contributed by atoms with Crippen molar-refractivity contribution in [1.29, 1.82) is 0 Å². The van der Waals surface area contributed by atoms with Crippen LogP contribution in [0.5, 0.6) is 5.75 Å². The third-order valence-corrected chi connectivity index (χ3v) is 5.69. The maximum absolute atomic E-state index is 12.4. The average molecular weight is 364 g/mol. The predicted octanol–water partition coefficient (Wildman–Crippen LogP) is 3.04. The molecule has 2 aliphatic rings. The minimum absolute atomic E-state index is 0.0195. The molecule has 0 saturated heterocycles. The lowest BCUT2D eigenvalue weighted by atomic mass is 9.64. The molecular weight excluding hydrogens is 340 g/mol. The molecule has 5 heteroatoms. The van der Waals surface area contributed by atoms with Crippen LogP contribution in [0.25, 0.3) is 0 Å². The van der Waals surface area contributed by atoms with Crippen LogP contribution in [-0.2, 0) is 15.0 Å². The molecule has 27 heavy (non-hydrogen) atoms. The minimum Gasteiger partial charge on any atom is -0.482 e. The Morgan fingerprint density at radius 1 is 1.07 bits per heavy atom. The zero-order chi connectivity index (χ0) is 18.7. The van der Waals surface area contributed by atoms with Gasteiger partial charge in [0.15, 0.2) is 6.61 Å². The molecule has 1 aliphatic carbocycles. The second kappa shape index (κ2) is 7.43. The number of benzene rings is 2. The van der Waals surface area contributed by atoms with Crippen LogP contribution in [0.3, 0.4) is 0 Å². The van der Waals surface area contributed by atoms with Crippen LogP contribution < -0.4 is 15.0 Å². The van der Waals surface area contributed by atoms with E-state index in [1.165, 1.54) is 12.0 Å². The molecule has 0 atom stereocenters. The van der Waals surface area contributed by atoms with Crippen molar-refractivity contribution in [2.45, 2.75) is 31.1 Å². The molecule has 1 heterocycles. The highest BCUT2D eigenvalue weighted by molar-refractivity contribution is 5.98. The molecule has 1 N–H and O–H groups in total. The lowest BCUT2D eigenvalue weighted by Gasteiger charge is -2.42. The Morgan fingerprint density at radius 2 is 1.81 bits per heavy atom. The summed E-state index contributed by atoms with van der Waals surface area (Å²) in [5.41, 5.74) is 2.10. The van der Waals surface area contributed by atoms with Crippen LogP contribution in [-0.4, -0.2) is 31.5 Å². The summed E-state index contributed by atoms with van der Waals surface area (Å²) in [6.07, 6.45) is 3.69. The minimum atomic E-state index is -0.110. The summed E-state index contributed by atoms with van der Waals surface area (Å²) in [6.45, 7) is 1.04. The van der Waals surface area contributed by atoms with E-state index in [-0.39, 0.29) is 30.3 Å². The summed E-state index contributed by atoms with van der Waals surface area (Å²) >= 11 is 0. The van der Waals surface area contributed by atoms with Gasteiger partial charge in [-0.05, 0) is 30.5 Å². The Kier molecular flexibility index (Phi) is 4.84. The zero-order valence-corrected chi connectivity index (χ0v) is 15.3. The number of hydrogen-bond donors (Lipinski definition) is 1. The molecule has 0 aromatic heterocycles. The fraction of sp³-hybridized carbons (Fsp3) is 0.364. The van der Waals surface area contributed by atoms with Gasteiger partial charge in [-0.15, -0.1) is 0 Å². The van der Waals surface area contributed by atoms with Gasteiger partial charge in [-0.2, -0.15) is 0 Å². The van der Waals surface area contributed by atoms with Gasteiger partial charge in [-0.1, -0.05) is 48.9 Å². The molecule has 2 amide bonds. The molecule has 0 bridgehead atoms. The van der Waals surface area contributed by atoms with Crippen LogP contribution in [0.1, 0.15) is 31.2 Å². The summed E-state index contributed by atoms with van der Waals surface area (Å²) in [7, 11) is 0. The number of anilines is 1. The van der Waals surface area contributed by atoms with Crippen LogP contribution >= 0.6 is 0 Å². The Bertz CT molecular complexity index is 830. The number of nitrogens with zero attached hydrogens (tertiary/aromatic N) is 1. The van der Waals surface area contributed by atoms with E-state index in [2.05, 4.69) is 29.6 Å². The number of carbonyl (C=O) groups is 2. The first-order valence-electron chi connectivity index (χ1n) is 9.52. The summed E-state index contributed by atoms with van der Waals surface area (Å²) in [5.74, 6) is 0.560. The van der Waals surface area contributed by atoms with E-state index in [1.807, 2.05) is 30.3 Å². The average Bonchev–Trinajstić information content (AvgIpc) is 2.67. The van der Waals surface area contributed by atoms with Crippen molar-refractivity contribution in [3.8, 4) is 5.75 Å². The number of amides is 2. The van der Waals surface area contributed by atoms with E-state index in [4.69, 9.17) is 4.74 Å². The highest BCUT2D eigenvalue weighted by Gasteiger charge is 2.38. The number of ether oxygens (including phenoxy) is 1. The van der Waals surface area contributed by atoms with Crippen molar-refractivity contribution in [1.82, 2.24) is 5.32 Å². The van der Waals surface area contributed by atoms with Crippen LogP contribution in [0.4, 0.5) is 5.69 Å². The third-order valence-electron chi connectivity index (χ3n) is 5.69. The van der Waals surface area contributed by atoms with E-state index in [0.717, 1.165) is 18.5 Å². The lowest BCUT2D eigenvalue weighted by molar-refractivity contribution is -0.122. The molecule has 2 aromatic rings. The van der Waals surface area contributed by atoms with E-state index >= 15 is 0 Å². The Hall–Kier alpha value is -2.82. The van der Waals surface area contributed by atoms with Gasteiger partial charge in [0.25, 0.3) is 5.91 Å². The Balaban J connectivity index is 1.35. The van der Waals surface area contributed by atoms with Gasteiger partial charge in [0, 0.05) is 24.9 Å². The lowest BCUT2D eigenvalue weighted by Crippen LogP contribution is -2.46. The van der Waals surface area contributed by atoms with Gasteiger partial charge in [-0.3, -0.25) is 9.59 Å². The third kappa shape index (κ3) is 3.54. The molecule has 1 aliphatic heterocycles. The van der Waals surface area contributed by atoms with Crippen LogP contribution in [0, 0.1) is 0 Å². The molecular formula is C22H24N2O3. The maximum atomic E-state index is 12.4. The first kappa shape index (κ1) is 17.6. The van der Waals surface area contributed by atoms with Crippen molar-refractivity contribution in [3.63, 3.8) is 0 Å². The Labute approximate surface area is 159 Å². The summed E-state index contributed by atoms with van der Waals surface area (Å²) < 4.78 is 5.44. The zero-order valence-electron chi connectivity index (χ0n) is 15.3. The summed E-state index contributed by atoms with van der Waals surface area (Å²) in [6, 6.07) is 17.9. The van der Waals surface area contributed by atoms with Gasteiger partial charge < -0.3 is 15.0 Å². The largest absolute Gasteiger partial charge is 0.482 e. The Morgan fingerprint density at radius 3 is 2.56 bits per heavy atom. The second-order valence-corrected chi connectivity index (χ2v) is 7.33. The molecule has 0 unspecified atom stereocenters. The highest BCUT2D eigenvalue weighted by Crippen LogP contribution is 2.43. The molecule has 2 aromatic carbocycles. The van der Waals surface area contributed by atoms with Gasteiger partial charge in [0.05, 0.1) is 5.69 Å². The molecule has 0 radical (unpaired) electrons. The smallest absolute Gasteiger partial charge is 0.265 e. The fourth-order valence-electron chi connectivity index (χ4n) is 3.93. The van der Waals surface area contributed by atoms with E-state index in [0.29, 0.717) is 18.8 Å². The van der Waals surface area contributed by atoms with Crippen LogP contribution in [0.15, 0.2) is 54.6 Å². The maximum Gasteiger partial charge on any atom is 0.265 e. The number of rotatable bonds is 6. The number of nitrogens with one attached hydrogen (secondary N) is 1. The summed E-state index contributed by atoms with van der Waals surface area (Å²) in [5, 5.41) is 3.09. The van der Waals surface area contributed by atoms with E-state index in [9.17, 15) is 9.59 Å². The van der Waals surface area contributed by atoms with Gasteiger partial charge in [0.2, 0.25) is 5.91 Å². The van der Waals surface area contributed by atoms with Crippen molar-refractivity contribution in [2.75, 3.05) is 24.6 Å². The van der Waals surface area contributed by atoms with Crippen molar-refractivity contribution >= 4 is 17.5 Å². The molecule has 5 nitrogen and oxygen atoms in total.